The van der Waals surface area contributed by atoms with E-state index in [0.29, 0.717) is 52.0 Å². The summed E-state index contributed by atoms with van der Waals surface area (Å²) in [4.78, 5) is 12.5. The SMILES string of the molecule is COc1c(Cl)cc(Cl)cc1[C@@H]1C(C#N)=C(N)OC2=C1C(=O)CCC2. The third-order valence-corrected chi connectivity index (χ3v) is 4.66. The van der Waals surface area contributed by atoms with Crippen molar-refractivity contribution in [3.8, 4) is 11.8 Å². The van der Waals surface area contributed by atoms with Crippen LogP contribution < -0.4 is 10.5 Å². The Morgan fingerprint density at radius 3 is 2.79 bits per heavy atom. The second-order valence-electron chi connectivity index (χ2n) is 5.55. The molecule has 0 bridgehead atoms. The average Bonchev–Trinajstić information content (AvgIpc) is 2.53. The molecule has 3 rings (SSSR count). The highest BCUT2D eigenvalue weighted by Gasteiger charge is 2.39. The first-order valence-corrected chi connectivity index (χ1v) is 8.10. The van der Waals surface area contributed by atoms with Crippen LogP contribution in [0.4, 0.5) is 0 Å². The number of carbonyl (C=O) groups excluding carboxylic acids is 1. The fraction of sp³-hybridized carbons (Fsp3) is 0.294. The van der Waals surface area contributed by atoms with E-state index in [2.05, 4.69) is 0 Å². The number of nitrogens with zero attached hydrogens (tertiary/aromatic N) is 1. The molecule has 0 saturated carbocycles. The molecule has 2 N–H and O–H groups in total. The molecule has 0 spiro atoms. The molecule has 7 heteroatoms. The molecule has 5 nitrogen and oxygen atoms in total. The highest BCUT2D eigenvalue weighted by atomic mass is 35.5. The van der Waals surface area contributed by atoms with Crippen molar-refractivity contribution >= 4 is 29.0 Å². The standard InChI is InChI=1S/C17H14Cl2N2O3/c1-23-16-9(5-8(18)6-11(16)19)14-10(7-20)17(21)24-13-4-2-3-12(22)15(13)14/h5-6,14H,2-4,21H2,1H3/t14-/m1/s1. The quantitative estimate of drug-likeness (QED) is 0.861. The van der Waals surface area contributed by atoms with Crippen LogP contribution in [0.25, 0.3) is 0 Å². The maximum Gasteiger partial charge on any atom is 0.205 e. The van der Waals surface area contributed by atoms with Gasteiger partial charge in [-0.3, -0.25) is 4.79 Å². The van der Waals surface area contributed by atoms with Crippen LogP contribution >= 0.6 is 23.2 Å². The highest BCUT2D eigenvalue weighted by Crippen LogP contribution is 2.48. The van der Waals surface area contributed by atoms with Gasteiger partial charge in [-0.05, 0) is 18.6 Å². The molecule has 1 atom stereocenters. The van der Waals surface area contributed by atoms with Crippen LogP contribution in [0.1, 0.15) is 30.7 Å². The molecule has 1 heterocycles. The zero-order valence-electron chi connectivity index (χ0n) is 12.9. The number of Topliss-reactive ketones (excluding diaryl/α,β-unsaturated/α-hetero) is 1. The van der Waals surface area contributed by atoms with Gasteiger partial charge in [0.1, 0.15) is 23.2 Å². The Morgan fingerprint density at radius 1 is 1.38 bits per heavy atom. The summed E-state index contributed by atoms with van der Waals surface area (Å²) >= 11 is 12.4. The van der Waals surface area contributed by atoms with Crippen LogP contribution in [0.2, 0.25) is 10.0 Å². The number of allylic oxidation sites excluding steroid dienone is 3. The number of halogens is 2. The topological polar surface area (TPSA) is 85.3 Å². The number of carbonyl (C=O) groups is 1. The van der Waals surface area contributed by atoms with Gasteiger partial charge in [0.2, 0.25) is 5.88 Å². The van der Waals surface area contributed by atoms with Crippen molar-refractivity contribution in [3.05, 3.63) is 50.5 Å². The number of hydrogen-bond donors (Lipinski definition) is 1. The molecule has 1 aliphatic carbocycles. The van der Waals surface area contributed by atoms with Crippen LogP contribution in [0.15, 0.2) is 34.9 Å². The Morgan fingerprint density at radius 2 is 2.12 bits per heavy atom. The van der Waals surface area contributed by atoms with Crippen molar-refractivity contribution in [2.75, 3.05) is 7.11 Å². The molecule has 0 unspecified atom stereocenters. The molecular weight excluding hydrogens is 351 g/mol. The Balaban J connectivity index is 2.30. The third-order valence-electron chi connectivity index (χ3n) is 4.16. The minimum atomic E-state index is -0.697. The van der Waals surface area contributed by atoms with Crippen molar-refractivity contribution in [1.82, 2.24) is 0 Å². The number of nitrogens with two attached hydrogens (primary N) is 1. The van der Waals surface area contributed by atoms with Gasteiger partial charge in [-0.2, -0.15) is 5.26 Å². The highest BCUT2D eigenvalue weighted by molar-refractivity contribution is 6.35. The lowest BCUT2D eigenvalue weighted by Gasteiger charge is -2.31. The summed E-state index contributed by atoms with van der Waals surface area (Å²) in [7, 11) is 1.47. The van der Waals surface area contributed by atoms with Crippen LogP contribution in [0.3, 0.4) is 0 Å². The second-order valence-corrected chi connectivity index (χ2v) is 6.39. The van der Waals surface area contributed by atoms with Gasteiger partial charge >= 0.3 is 0 Å². The van der Waals surface area contributed by atoms with Crippen molar-refractivity contribution in [2.24, 2.45) is 5.73 Å². The molecule has 0 aromatic heterocycles. The van der Waals surface area contributed by atoms with Gasteiger partial charge < -0.3 is 15.2 Å². The van der Waals surface area contributed by atoms with Crippen molar-refractivity contribution in [3.63, 3.8) is 0 Å². The van der Waals surface area contributed by atoms with Gasteiger partial charge in [-0.1, -0.05) is 23.2 Å². The summed E-state index contributed by atoms with van der Waals surface area (Å²) in [6.45, 7) is 0. The first-order chi connectivity index (χ1) is 11.5. The molecule has 0 amide bonds. The Kier molecular flexibility index (Phi) is 4.44. The van der Waals surface area contributed by atoms with E-state index in [9.17, 15) is 10.1 Å². The molecule has 124 valence electrons. The van der Waals surface area contributed by atoms with Gasteiger partial charge in [-0.25, -0.2) is 0 Å². The maximum atomic E-state index is 12.5. The van der Waals surface area contributed by atoms with Crippen molar-refractivity contribution in [2.45, 2.75) is 25.2 Å². The molecule has 0 radical (unpaired) electrons. The van der Waals surface area contributed by atoms with E-state index >= 15 is 0 Å². The average molecular weight is 365 g/mol. The van der Waals surface area contributed by atoms with Gasteiger partial charge in [0.05, 0.1) is 18.1 Å². The lowest BCUT2D eigenvalue weighted by molar-refractivity contribution is -0.116. The fourth-order valence-electron chi connectivity index (χ4n) is 3.18. The Labute approximate surface area is 149 Å². The third kappa shape index (κ3) is 2.62. The van der Waals surface area contributed by atoms with Crippen molar-refractivity contribution < 1.29 is 14.3 Å². The first kappa shape index (κ1) is 16.7. The van der Waals surface area contributed by atoms with Crippen LogP contribution in [0, 0.1) is 11.3 Å². The van der Waals surface area contributed by atoms with Crippen LogP contribution in [-0.4, -0.2) is 12.9 Å². The number of nitriles is 1. The molecule has 1 aromatic rings. The monoisotopic (exact) mass is 364 g/mol. The summed E-state index contributed by atoms with van der Waals surface area (Å²) in [6.07, 6.45) is 1.68. The predicted molar refractivity (Wildman–Crippen MR) is 89.6 cm³/mol. The number of hydrogen-bond acceptors (Lipinski definition) is 5. The minimum Gasteiger partial charge on any atom is -0.495 e. The Bertz CT molecular complexity index is 837. The van der Waals surface area contributed by atoms with E-state index < -0.39 is 5.92 Å². The summed E-state index contributed by atoms with van der Waals surface area (Å²) in [6, 6.07) is 5.23. The molecule has 0 fully saturated rings. The molecule has 24 heavy (non-hydrogen) atoms. The molecular formula is C17H14Cl2N2O3. The van der Waals surface area contributed by atoms with Crippen LogP contribution in [-0.2, 0) is 9.53 Å². The van der Waals surface area contributed by atoms with Gasteiger partial charge in [-0.15, -0.1) is 0 Å². The van der Waals surface area contributed by atoms with Gasteiger partial charge in [0.25, 0.3) is 0 Å². The lowest BCUT2D eigenvalue weighted by Crippen LogP contribution is -2.27. The number of ether oxygens (including phenoxy) is 2. The van der Waals surface area contributed by atoms with E-state index in [4.69, 9.17) is 38.4 Å². The maximum absolute atomic E-state index is 12.5. The minimum absolute atomic E-state index is 0.00546. The predicted octanol–water partition coefficient (Wildman–Crippen LogP) is 3.82. The number of benzene rings is 1. The summed E-state index contributed by atoms with van der Waals surface area (Å²) in [5.41, 5.74) is 7.04. The van der Waals surface area contributed by atoms with Crippen LogP contribution in [0.5, 0.6) is 5.75 Å². The lowest BCUT2D eigenvalue weighted by atomic mass is 9.77. The van der Waals surface area contributed by atoms with Gasteiger partial charge in [0, 0.05) is 29.0 Å². The smallest absolute Gasteiger partial charge is 0.205 e. The zero-order chi connectivity index (χ0) is 17.4. The summed E-state index contributed by atoms with van der Waals surface area (Å²) in [5, 5.41) is 10.2. The molecule has 1 aliphatic heterocycles. The largest absolute Gasteiger partial charge is 0.495 e. The molecule has 1 aromatic carbocycles. The van der Waals surface area contributed by atoms with E-state index in [1.807, 2.05) is 6.07 Å². The summed E-state index contributed by atoms with van der Waals surface area (Å²) < 4.78 is 10.9. The second kappa shape index (κ2) is 6.39. The Hall–Kier alpha value is -2.16. The van der Waals surface area contributed by atoms with Gasteiger partial charge in [0.15, 0.2) is 5.78 Å². The van der Waals surface area contributed by atoms with E-state index in [0.717, 1.165) is 0 Å². The normalized spacial score (nSPS) is 20.4. The molecule has 2 aliphatic rings. The van der Waals surface area contributed by atoms with Crippen molar-refractivity contribution in [1.29, 1.82) is 5.26 Å². The van der Waals surface area contributed by atoms with E-state index in [1.54, 1.807) is 12.1 Å². The van der Waals surface area contributed by atoms with E-state index in [-0.39, 0.29) is 17.2 Å². The number of rotatable bonds is 2. The van der Waals surface area contributed by atoms with E-state index in [1.165, 1.54) is 7.11 Å². The number of ketones is 1. The first-order valence-electron chi connectivity index (χ1n) is 7.34. The summed E-state index contributed by atoms with van der Waals surface area (Å²) in [5.74, 6) is 0.0936. The zero-order valence-corrected chi connectivity index (χ0v) is 14.4. The number of methoxy groups -OCH3 is 1. The fourth-order valence-corrected chi connectivity index (χ4v) is 3.76. The molecule has 0 saturated heterocycles.